The highest BCUT2D eigenvalue weighted by atomic mass is 79.9. The zero-order chi connectivity index (χ0) is 24.0. The van der Waals surface area contributed by atoms with Crippen LogP contribution in [0.5, 0.6) is 0 Å². The van der Waals surface area contributed by atoms with Gasteiger partial charge in [0, 0.05) is 37.9 Å². The minimum Gasteiger partial charge on any atom is -0.378 e. The van der Waals surface area contributed by atoms with Gasteiger partial charge in [-0.1, -0.05) is 0 Å². The van der Waals surface area contributed by atoms with Crippen molar-refractivity contribution in [2.24, 2.45) is 5.92 Å². The molecular formula is C19H23BrF3N7O3. The SMILES string of the molecule is CC(CONC(=O)CC1CCN(c2ncc(C(F)(F)F)cn2)CC1)Nc1cn[nH]c(=O)c1Br. The highest BCUT2D eigenvalue weighted by molar-refractivity contribution is 9.10. The van der Waals surface area contributed by atoms with Gasteiger partial charge in [0.05, 0.1) is 24.1 Å². The molecule has 0 spiro atoms. The van der Waals surface area contributed by atoms with E-state index in [9.17, 15) is 22.8 Å². The second-order valence-electron chi connectivity index (χ2n) is 7.71. The lowest BCUT2D eigenvalue weighted by Gasteiger charge is -2.31. The monoisotopic (exact) mass is 533 g/mol. The maximum absolute atomic E-state index is 12.6. The predicted octanol–water partition coefficient (Wildman–Crippen LogP) is 2.50. The fourth-order valence-corrected chi connectivity index (χ4v) is 3.62. The maximum Gasteiger partial charge on any atom is 0.419 e. The standard InChI is InChI=1S/C19H23BrF3N7O3/c1-11(27-14-9-26-28-17(32)16(14)20)10-33-29-15(31)6-12-2-4-30(5-3-12)18-24-7-13(8-25-18)19(21,22)23/h7-9,11-12H,2-6,10H2,1H3,(H,29,31)(H2,27,28,32). The summed E-state index contributed by atoms with van der Waals surface area (Å²) >= 11 is 3.17. The van der Waals surface area contributed by atoms with Crippen LogP contribution in [0.2, 0.25) is 0 Å². The molecule has 1 amide bonds. The Morgan fingerprint density at radius 2 is 1.97 bits per heavy atom. The number of carbonyl (C=O) groups excluding carboxylic acids is 1. The third-order valence-electron chi connectivity index (χ3n) is 5.05. The van der Waals surface area contributed by atoms with E-state index in [0.717, 1.165) is 12.4 Å². The number of nitrogens with zero attached hydrogens (tertiary/aromatic N) is 4. The van der Waals surface area contributed by atoms with Crippen LogP contribution in [0, 0.1) is 5.92 Å². The van der Waals surface area contributed by atoms with Crippen molar-refractivity contribution in [2.75, 3.05) is 29.9 Å². The largest absolute Gasteiger partial charge is 0.419 e. The Bertz CT molecular complexity index is 995. The van der Waals surface area contributed by atoms with Gasteiger partial charge in [-0.05, 0) is 41.6 Å². The fourth-order valence-electron chi connectivity index (χ4n) is 3.31. The molecule has 0 aliphatic carbocycles. The first-order chi connectivity index (χ1) is 15.6. The molecule has 3 heterocycles. The summed E-state index contributed by atoms with van der Waals surface area (Å²) in [5, 5.41) is 9.06. The number of anilines is 2. The van der Waals surface area contributed by atoms with Crippen molar-refractivity contribution in [1.82, 2.24) is 25.6 Å². The van der Waals surface area contributed by atoms with Crippen molar-refractivity contribution in [2.45, 2.75) is 38.4 Å². The summed E-state index contributed by atoms with van der Waals surface area (Å²) in [6.45, 7) is 3.07. The van der Waals surface area contributed by atoms with Crippen molar-refractivity contribution >= 4 is 33.5 Å². The molecule has 0 aromatic carbocycles. The normalized spacial score (nSPS) is 15.8. The van der Waals surface area contributed by atoms with Gasteiger partial charge >= 0.3 is 6.18 Å². The summed E-state index contributed by atoms with van der Waals surface area (Å²) in [6, 6.07) is -0.211. The van der Waals surface area contributed by atoms with Crippen LogP contribution in [0.15, 0.2) is 27.9 Å². The van der Waals surface area contributed by atoms with E-state index in [0.29, 0.717) is 36.1 Å². The summed E-state index contributed by atoms with van der Waals surface area (Å²) in [4.78, 5) is 38.4. The number of halogens is 4. The fraction of sp³-hybridized carbons (Fsp3) is 0.526. The number of amides is 1. The van der Waals surface area contributed by atoms with Gasteiger partial charge in [0.25, 0.3) is 5.56 Å². The smallest absolute Gasteiger partial charge is 0.378 e. The van der Waals surface area contributed by atoms with Crippen LogP contribution in [0.4, 0.5) is 24.8 Å². The average molecular weight is 534 g/mol. The van der Waals surface area contributed by atoms with E-state index >= 15 is 0 Å². The summed E-state index contributed by atoms with van der Waals surface area (Å²) < 4.78 is 38.2. The first-order valence-electron chi connectivity index (χ1n) is 10.2. The molecule has 1 fully saturated rings. The molecule has 1 saturated heterocycles. The van der Waals surface area contributed by atoms with E-state index in [2.05, 4.69) is 46.9 Å². The lowest BCUT2D eigenvalue weighted by atomic mass is 9.93. The van der Waals surface area contributed by atoms with E-state index < -0.39 is 11.7 Å². The van der Waals surface area contributed by atoms with Crippen LogP contribution in [0.25, 0.3) is 0 Å². The average Bonchev–Trinajstić information content (AvgIpc) is 2.77. The molecule has 33 heavy (non-hydrogen) atoms. The van der Waals surface area contributed by atoms with Crippen LogP contribution in [0.1, 0.15) is 31.7 Å². The van der Waals surface area contributed by atoms with Gasteiger partial charge < -0.3 is 10.2 Å². The molecule has 1 aliphatic rings. The molecular weight excluding hydrogens is 511 g/mol. The Morgan fingerprint density at radius 3 is 2.61 bits per heavy atom. The quantitative estimate of drug-likeness (QED) is 0.442. The Labute approximate surface area is 195 Å². The topological polar surface area (TPSA) is 125 Å². The van der Waals surface area contributed by atoms with E-state index in [1.165, 1.54) is 6.20 Å². The van der Waals surface area contributed by atoms with Gasteiger partial charge in [0.2, 0.25) is 11.9 Å². The maximum atomic E-state index is 12.6. The molecule has 180 valence electrons. The minimum absolute atomic E-state index is 0.118. The molecule has 1 atom stereocenters. The first kappa shape index (κ1) is 24.9. The number of aromatic nitrogens is 4. The Balaban J connectivity index is 1.36. The number of rotatable bonds is 8. The van der Waals surface area contributed by atoms with Crippen molar-refractivity contribution in [3.63, 3.8) is 0 Å². The molecule has 2 aromatic rings. The molecule has 3 N–H and O–H groups in total. The van der Waals surface area contributed by atoms with E-state index in [1.54, 1.807) is 4.90 Å². The van der Waals surface area contributed by atoms with Gasteiger partial charge in [-0.25, -0.2) is 20.5 Å². The summed E-state index contributed by atoms with van der Waals surface area (Å²) in [5.74, 6) is 0.108. The van der Waals surface area contributed by atoms with Crippen LogP contribution < -0.4 is 21.3 Å². The molecule has 10 nitrogen and oxygen atoms in total. The van der Waals surface area contributed by atoms with Crippen molar-refractivity contribution in [1.29, 1.82) is 0 Å². The Kier molecular flexibility index (Phi) is 8.24. The van der Waals surface area contributed by atoms with Crippen molar-refractivity contribution in [3.8, 4) is 0 Å². The van der Waals surface area contributed by atoms with Gasteiger partial charge in [0.15, 0.2) is 0 Å². The van der Waals surface area contributed by atoms with E-state index in [-0.39, 0.29) is 42.4 Å². The number of piperidine rings is 1. The second kappa shape index (κ2) is 10.9. The van der Waals surface area contributed by atoms with Gasteiger partial charge in [-0.3, -0.25) is 14.4 Å². The summed E-state index contributed by atoms with van der Waals surface area (Å²) in [5.41, 5.74) is 1.67. The molecule has 3 rings (SSSR count). The molecule has 2 aromatic heterocycles. The van der Waals surface area contributed by atoms with Crippen LogP contribution in [0.3, 0.4) is 0 Å². The van der Waals surface area contributed by atoms with E-state index in [4.69, 9.17) is 4.84 Å². The first-order valence-corrected chi connectivity index (χ1v) is 11.0. The lowest BCUT2D eigenvalue weighted by Crippen LogP contribution is -2.37. The molecule has 1 unspecified atom stereocenters. The van der Waals surface area contributed by atoms with Crippen LogP contribution in [-0.2, 0) is 15.8 Å². The number of alkyl halides is 3. The molecule has 0 radical (unpaired) electrons. The third-order valence-corrected chi connectivity index (χ3v) is 5.84. The summed E-state index contributed by atoms with van der Waals surface area (Å²) in [6.07, 6.45) is 0.179. The van der Waals surface area contributed by atoms with E-state index in [1.807, 2.05) is 6.92 Å². The van der Waals surface area contributed by atoms with Crippen LogP contribution in [-0.4, -0.2) is 51.8 Å². The molecule has 1 aliphatic heterocycles. The number of hydrogen-bond acceptors (Lipinski definition) is 8. The number of aromatic amines is 1. The van der Waals surface area contributed by atoms with Crippen molar-refractivity contribution < 1.29 is 22.8 Å². The predicted molar refractivity (Wildman–Crippen MR) is 116 cm³/mol. The molecule has 0 saturated carbocycles. The number of carbonyl (C=O) groups is 1. The number of nitrogens with one attached hydrogen (secondary N) is 3. The van der Waals surface area contributed by atoms with Gasteiger partial charge in [-0.2, -0.15) is 18.3 Å². The second-order valence-corrected chi connectivity index (χ2v) is 8.51. The van der Waals surface area contributed by atoms with Gasteiger partial charge in [-0.15, -0.1) is 0 Å². The number of H-pyrrole nitrogens is 1. The summed E-state index contributed by atoms with van der Waals surface area (Å²) in [7, 11) is 0. The van der Waals surface area contributed by atoms with Crippen molar-refractivity contribution in [3.05, 3.63) is 39.0 Å². The molecule has 14 heteroatoms. The Morgan fingerprint density at radius 1 is 1.30 bits per heavy atom. The Hall–Kier alpha value is -2.74. The number of hydrogen-bond donors (Lipinski definition) is 3. The highest BCUT2D eigenvalue weighted by Crippen LogP contribution is 2.29. The highest BCUT2D eigenvalue weighted by Gasteiger charge is 2.32. The third kappa shape index (κ3) is 7.12. The van der Waals surface area contributed by atoms with Gasteiger partial charge in [0.1, 0.15) is 4.47 Å². The minimum atomic E-state index is -4.47. The lowest BCUT2D eigenvalue weighted by molar-refractivity contribution is -0.138. The van der Waals surface area contributed by atoms with Crippen LogP contribution >= 0.6 is 15.9 Å². The zero-order valence-corrected chi connectivity index (χ0v) is 19.2. The molecule has 0 bridgehead atoms. The zero-order valence-electron chi connectivity index (χ0n) is 17.7. The number of hydroxylamine groups is 1.